The Kier molecular flexibility index (Phi) is 3.00. The van der Waals surface area contributed by atoms with E-state index >= 15 is 0 Å². The molecule has 1 saturated carbocycles. The highest BCUT2D eigenvalue weighted by atomic mass is 32.1. The lowest BCUT2D eigenvalue weighted by Gasteiger charge is -2.02. The molecule has 1 fully saturated rings. The molecular weight excluding hydrogens is 296 g/mol. The van der Waals surface area contributed by atoms with Crippen LogP contribution in [0, 0.1) is 13.8 Å². The van der Waals surface area contributed by atoms with Gasteiger partial charge in [0.25, 0.3) is 5.91 Å². The highest BCUT2D eigenvalue weighted by Crippen LogP contribution is 2.42. The largest absolute Gasteiger partial charge is 0.358 e. The van der Waals surface area contributed by atoms with Gasteiger partial charge in [-0.1, -0.05) is 11.3 Å². The Morgan fingerprint density at radius 1 is 1.32 bits per heavy atom. The molecule has 0 radical (unpaired) electrons. The number of benzene rings is 1. The molecule has 0 atom stereocenters. The van der Waals surface area contributed by atoms with Crippen LogP contribution in [-0.4, -0.2) is 21.1 Å². The number of aromatic amines is 1. The molecule has 0 aliphatic heterocycles. The van der Waals surface area contributed by atoms with Crippen molar-refractivity contribution in [3.63, 3.8) is 0 Å². The number of hydrogen-bond acceptors (Lipinski definition) is 4. The third-order valence-corrected chi connectivity index (χ3v) is 5.16. The van der Waals surface area contributed by atoms with Crippen LogP contribution in [0.3, 0.4) is 0 Å². The van der Waals surface area contributed by atoms with E-state index in [0.29, 0.717) is 16.6 Å². The summed E-state index contributed by atoms with van der Waals surface area (Å²) in [4.78, 5) is 15.7. The van der Waals surface area contributed by atoms with Crippen LogP contribution < -0.4 is 5.32 Å². The Morgan fingerprint density at radius 2 is 2.14 bits per heavy atom. The maximum atomic E-state index is 12.4. The molecule has 1 aromatic carbocycles. The normalized spacial score (nSPS) is 14.5. The Hall–Kier alpha value is -2.21. The number of H-pyrrole nitrogens is 1. The number of fused-ring (bicyclic) bond motifs is 1. The van der Waals surface area contributed by atoms with E-state index < -0.39 is 0 Å². The summed E-state index contributed by atoms with van der Waals surface area (Å²) in [6.07, 6.45) is 2.37. The summed E-state index contributed by atoms with van der Waals surface area (Å²) in [7, 11) is 0. The van der Waals surface area contributed by atoms with Crippen molar-refractivity contribution in [1.82, 2.24) is 15.2 Å². The Balaban J connectivity index is 1.59. The van der Waals surface area contributed by atoms with Gasteiger partial charge < -0.3 is 4.98 Å². The molecular formula is C16H16N4OS. The van der Waals surface area contributed by atoms with E-state index in [4.69, 9.17) is 0 Å². The topological polar surface area (TPSA) is 70.7 Å². The second-order valence-corrected chi connectivity index (χ2v) is 6.82. The quantitative estimate of drug-likeness (QED) is 0.773. The molecule has 0 unspecified atom stereocenters. The summed E-state index contributed by atoms with van der Waals surface area (Å²) in [5.74, 6) is 0.420. The molecule has 2 heterocycles. The van der Waals surface area contributed by atoms with Gasteiger partial charge in [0.05, 0.1) is 0 Å². The summed E-state index contributed by atoms with van der Waals surface area (Å²) in [6.45, 7) is 4.10. The lowest BCUT2D eigenvalue weighted by atomic mass is 10.1. The highest BCUT2D eigenvalue weighted by molar-refractivity contribution is 7.15. The maximum Gasteiger partial charge on any atom is 0.257 e. The predicted octanol–water partition coefficient (Wildman–Crippen LogP) is 3.77. The molecule has 1 aliphatic rings. The third-order valence-electron chi connectivity index (χ3n) is 4.16. The Labute approximate surface area is 131 Å². The van der Waals surface area contributed by atoms with Crippen LogP contribution in [0.15, 0.2) is 18.2 Å². The van der Waals surface area contributed by atoms with Crippen LogP contribution in [0.25, 0.3) is 10.9 Å². The first-order valence-corrected chi connectivity index (χ1v) is 8.17. The number of nitrogens with zero attached hydrogens (tertiary/aromatic N) is 2. The first-order chi connectivity index (χ1) is 10.6. The number of aryl methyl sites for hydroxylation is 2. The van der Waals surface area contributed by atoms with E-state index in [9.17, 15) is 4.79 Å². The van der Waals surface area contributed by atoms with Gasteiger partial charge in [-0.15, -0.1) is 10.2 Å². The van der Waals surface area contributed by atoms with Crippen molar-refractivity contribution in [3.8, 4) is 0 Å². The zero-order valence-corrected chi connectivity index (χ0v) is 13.3. The van der Waals surface area contributed by atoms with Crippen LogP contribution in [0.4, 0.5) is 5.13 Å². The third kappa shape index (κ3) is 2.29. The zero-order valence-electron chi connectivity index (χ0n) is 12.4. The molecule has 1 amide bonds. The van der Waals surface area contributed by atoms with Crippen LogP contribution in [0.1, 0.15) is 45.4 Å². The van der Waals surface area contributed by atoms with Crippen molar-refractivity contribution in [2.45, 2.75) is 32.6 Å². The minimum absolute atomic E-state index is 0.140. The second kappa shape index (κ2) is 4.91. The number of carbonyl (C=O) groups is 1. The van der Waals surface area contributed by atoms with Gasteiger partial charge in [-0.25, -0.2) is 0 Å². The van der Waals surface area contributed by atoms with Gasteiger partial charge in [-0.05, 0) is 50.5 Å². The highest BCUT2D eigenvalue weighted by Gasteiger charge is 2.27. The number of carbonyl (C=O) groups excluding carboxylic acids is 1. The first-order valence-electron chi connectivity index (χ1n) is 7.35. The average Bonchev–Trinajstić information content (AvgIpc) is 3.20. The van der Waals surface area contributed by atoms with Gasteiger partial charge in [0, 0.05) is 28.1 Å². The molecule has 0 bridgehead atoms. The number of amides is 1. The Bertz CT molecular complexity index is 876. The van der Waals surface area contributed by atoms with Gasteiger partial charge in [0.2, 0.25) is 5.13 Å². The average molecular weight is 312 g/mol. The van der Waals surface area contributed by atoms with Gasteiger partial charge >= 0.3 is 0 Å². The fourth-order valence-corrected chi connectivity index (χ4v) is 3.46. The summed E-state index contributed by atoms with van der Waals surface area (Å²) >= 11 is 1.48. The maximum absolute atomic E-state index is 12.4. The fourth-order valence-electron chi connectivity index (χ4n) is 2.55. The van der Waals surface area contributed by atoms with Gasteiger partial charge in [0.1, 0.15) is 5.01 Å². The van der Waals surface area contributed by atoms with E-state index in [1.807, 2.05) is 25.1 Å². The standard InChI is InChI=1S/C16H16N4OS/c1-8-9(2)17-13-6-5-11(7-12(8)13)14(21)18-16-20-19-15(22-16)10-3-4-10/h5-7,10,17H,3-4H2,1-2H3,(H,18,20,21). The van der Waals surface area contributed by atoms with Crippen molar-refractivity contribution in [2.24, 2.45) is 0 Å². The summed E-state index contributed by atoms with van der Waals surface area (Å²) in [5.41, 5.74) is 4.00. The molecule has 0 spiro atoms. The van der Waals surface area contributed by atoms with E-state index in [1.54, 1.807) is 0 Å². The van der Waals surface area contributed by atoms with Crippen molar-refractivity contribution >= 4 is 33.3 Å². The lowest BCUT2D eigenvalue weighted by Crippen LogP contribution is -2.11. The lowest BCUT2D eigenvalue weighted by molar-refractivity contribution is 0.102. The van der Waals surface area contributed by atoms with E-state index in [1.165, 1.54) is 29.7 Å². The Morgan fingerprint density at radius 3 is 2.91 bits per heavy atom. The molecule has 3 aromatic rings. The molecule has 1 aliphatic carbocycles. The fraction of sp³-hybridized carbons (Fsp3) is 0.312. The molecule has 4 rings (SSSR count). The van der Waals surface area contributed by atoms with E-state index in [2.05, 4.69) is 27.4 Å². The predicted molar refractivity (Wildman–Crippen MR) is 87.6 cm³/mol. The molecule has 2 N–H and O–H groups in total. The number of rotatable bonds is 3. The van der Waals surface area contributed by atoms with Crippen molar-refractivity contribution in [2.75, 3.05) is 5.32 Å². The SMILES string of the molecule is Cc1[nH]c2ccc(C(=O)Nc3nnc(C4CC4)s3)cc2c1C. The number of hydrogen-bond donors (Lipinski definition) is 2. The summed E-state index contributed by atoms with van der Waals surface area (Å²) < 4.78 is 0. The monoisotopic (exact) mass is 312 g/mol. The van der Waals surface area contributed by atoms with Crippen LogP contribution in [0.5, 0.6) is 0 Å². The summed E-state index contributed by atoms with van der Waals surface area (Å²) in [5, 5.41) is 13.7. The number of aromatic nitrogens is 3. The number of anilines is 1. The van der Waals surface area contributed by atoms with Gasteiger partial charge in [-0.3, -0.25) is 10.1 Å². The molecule has 22 heavy (non-hydrogen) atoms. The molecule has 6 heteroatoms. The minimum atomic E-state index is -0.140. The van der Waals surface area contributed by atoms with Gasteiger partial charge in [-0.2, -0.15) is 0 Å². The molecule has 0 saturated heterocycles. The molecule has 2 aromatic heterocycles. The van der Waals surface area contributed by atoms with Crippen molar-refractivity contribution < 1.29 is 4.79 Å². The first kappa shape index (κ1) is 13.5. The van der Waals surface area contributed by atoms with Crippen molar-refractivity contribution in [1.29, 1.82) is 0 Å². The van der Waals surface area contributed by atoms with Crippen LogP contribution in [-0.2, 0) is 0 Å². The molecule has 112 valence electrons. The van der Waals surface area contributed by atoms with E-state index in [0.717, 1.165) is 21.6 Å². The van der Waals surface area contributed by atoms with E-state index in [-0.39, 0.29) is 5.91 Å². The van der Waals surface area contributed by atoms with Crippen molar-refractivity contribution in [3.05, 3.63) is 40.0 Å². The second-order valence-electron chi connectivity index (χ2n) is 5.81. The zero-order chi connectivity index (χ0) is 15.3. The van der Waals surface area contributed by atoms with Gasteiger partial charge in [0.15, 0.2) is 0 Å². The minimum Gasteiger partial charge on any atom is -0.358 e. The molecule has 5 nitrogen and oxygen atoms in total. The van der Waals surface area contributed by atoms with Crippen LogP contribution in [0.2, 0.25) is 0 Å². The van der Waals surface area contributed by atoms with Crippen LogP contribution >= 0.6 is 11.3 Å². The smallest absolute Gasteiger partial charge is 0.257 e. The number of nitrogens with one attached hydrogen (secondary N) is 2. The summed E-state index contributed by atoms with van der Waals surface area (Å²) in [6, 6.07) is 5.70.